The fourth-order valence-electron chi connectivity index (χ4n) is 1.90. The molecule has 0 saturated heterocycles. The molecule has 0 spiro atoms. The average Bonchev–Trinajstić information content (AvgIpc) is 2.87. The van der Waals surface area contributed by atoms with Gasteiger partial charge < -0.3 is 15.5 Å². The Kier molecular flexibility index (Phi) is 8.22. The molecule has 6 heteroatoms. The lowest BCUT2D eigenvalue weighted by molar-refractivity contribution is 0.308. The van der Waals surface area contributed by atoms with Gasteiger partial charge in [0.15, 0.2) is 5.96 Å². The first-order chi connectivity index (χ1) is 9.69. The normalized spacial score (nSPS) is 11.9. The number of aryl methyl sites for hydroxylation is 1. The lowest BCUT2D eigenvalue weighted by atomic mass is 10.4. The lowest BCUT2D eigenvalue weighted by Gasteiger charge is -2.19. The van der Waals surface area contributed by atoms with Crippen molar-refractivity contribution in [2.75, 3.05) is 39.8 Å². The molecule has 0 radical (unpaired) electrons. The molecule has 0 aliphatic heterocycles. The number of thiazole rings is 1. The molecule has 0 aliphatic rings. The Labute approximate surface area is 126 Å². The molecule has 20 heavy (non-hydrogen) atoms. The number of aromatic nitrogens is 1. The van der Waals surface area contributed by atoms with Gasteiger partial charge in [-0.2, -0.15) is 0 Å². The highest BCUT2D eigenvalue weighted by Crippen LogP contribution is 2.10. The third-order valence-corrected chi connectivity index (χ3v) is 4.11. The molecule has 0 aliphatic carbocycles. The SMILES string of the molecule is CCN(CC)CCNC(=NC)NCCc1ncc(C)s1. The first-order valence-electron chi connectivity index (χ1n) is 7.27. The maximum atomic E-state index is 4.36. The van der Waals surface area contributed by atoms with Crippen LogP contribution in [0.1, 0.15) is 23.7 Å². The van der Waals surface area contributed by atoms with Crippen LogP contribution >= 0.6 is 11.3 Å². The summed E-state index contributed by atoms with van der Waals surface area (Å²) in [7, 11) is 1.81. The summed E-state index contributed by atoms with van der Waals surface area (Å²) in [4.78, 5) is 12.2. The quantitative estimate of drug-likeness (QED) is 0.564. The van der Waals surface area contributed by atoms with Gasteiger partial charge in [-0.25, -0.2) is 4.98 Å². The van der Waals surface area contributed by atoms with Crippen molar-refractivity contribution in [1.82, 2.24) is 20.5 Å². The number of hydrogen-bond donors (Lipinski definition) is 2. The number of rotatable bonds is 8. The zero-order chi connectivity index (χ0) is 14.8. The van der Waals surface area contributed by atoms with Crippen LogP contribution in [0, 0.1) is 6.92 Å². The van der Waals surface area contributed by atoms with Crippen molar-refractivity contribution in [3.8, 4) is 0 Å². The molecule has 2 N–H and O–H groups in total. The molecular weight excluding hydrogens is 270 g/mol. The number of hydrogen-bond acceptors (Lipinski definition) is 4. The summed E-state index contributed by atoms with van der Waals surface area (Å²) in [5, 5.41) is 7.84. The van der Waals surface area contributed by atoms with Crippen LogP contribution in [0.25, 0.3) is 0 Å². The topological polar surface area (TPSA) is 52.5 Å². The van der Waals surface area contributed by atoms with Gasteiger partial charge >= 0.3 is 0 Å². The summed E-state index contributed by atoms with van der Waals surface area (Å²) >= 11 is 1.76. The van der Waals surface area contributed by atoms with E-state index in [4.69, 9.17) is 0 Å². The van der Waals surface area contributed by atoms with Crippen LogP contribution in [0.3, 0.4) is 0 Å². The van der Waals surface area contributed by atoms with Crippen molar-refractivity contribution >= 4 is 17.3 Å². The van der Waals surface area contributed by atoms with Crippen molar-refractivity contribution in [3.63, 3.8) is 0 Å². The van der Waals surface area contributed by atoms with Crippen molar-refractivity contribution in [2.45, 2.75) is 27.2 Å². The molecule has 114 valence electrons. The first-order valence-corrected chi connectivity index (χ1v) is 8.09. The number of aliphatic imine (C=N–C) groups is 1. The van der Waals surface area contributed by atoms with Gasteiger partial charge in [0.1, 0.15) is 0 Å². The fraction of sp³-hybridized carbons (Fsp3) is 0.714. The Hall–Kier alpha value is -1.14. The van der Waals surface area contributed by atoms with Crippen LogP contribution < -0.4 is 10.6 Å². The van der Waals surface area contributed by atoms with Crippen molar-refractivity contribution < 1.29 is 0 Å². The predicted octanol–water partition coefficient (Wildman–Crippen LogP) is 1.50. The first kappa shape index (κ1) is 16.9. The summed E-state index contributed by atoms with van der Waals surface area (Å²) < 4.78 is 0. The molecule has 1 heterocycles. The number of nitrogens with one attached hydrogen (secondary N) is 2. The largest absolute Gasteiger partial charge is 0.356 e. The third kappa shape index (κ3) is 6.34. The summed E-state index contributed by atoms with van der Waals surface area (Å²) in [5.74, 6) is 0.866. The van der Waals surface area contributed by atoms with Gasteiger partial charge in [-0.3, -0.25) is 4.99 Å². The van der Waals surface area contributed by atoms with E-state index in [9.17, 15) is 0 Å². The second-order valence-electron chi connectivity index (χ2n) is 4.57. The van der Waals surface area contributed by atoms with Gasteiger partial charge in [-0.15, -0.1) is 11.3 Å². The molecule has 1 aromatic rings. The van der Waals surface area contributed by atoms with E-state index >= 15 is 0 Å². The van der Waals surface area contributed by atoms with E-state index in [-0.39, 0.29) is 0 Å². The molecule has 1 aromatic heterocycles. The molecule has 0 atom stereocenters. The van der Waals surface area contributed by atoms with Gasteiger partial charge in [0.2, 0.25) is 0 Å². The van der Waals surface area contributed by atoms with E-state index in [2.05, 4.69) is 46.3 Å². The average molecular weight is 297 g/mol. The third-order valence-electron chi connectivity index (χ3n) is 3.14. The highest BCUT2D eigenvalue weighted by Gasteiger charge is 2.02. The summed E-state index contributed by atoms with van der Waals surface area (Å²) in [6.07, 6.45) is 2.87. The fourth-order valence-corrected chi connectivity index (χ4v) is 2.68. The number of nitrogens with zero attached hydrogens (tertiary/aromatic N) is 3. The Morgan fingerprint density at radius 3 is 2.55 bits per heavy atom. The minimum Gasteiger partial charge on any atom is -0.356 e. The van der Waals surface area contributed by atoms with Crippen LogP contribution in [0.15, 0.2) is 11.2 Å². The van der Waals surface area contributed by atoms with Crippen LogP contribution in [0.2, 0.25) is 0 Å². The molecule has 0 unspecified atom stereocenters. The van der Waals surface area contributed by atoms with Crippen molar-refractivity contribution in [1.29, 1.82) is 0 Å². The van der Waals surface area contributed by atoms with E-state index < -0.39 is 0 Å². The minimum atomic E-state index is 0.859. The monoisotopic (exact) mass is 297 g/mol. The summed E-state index contributed by atoms with van der Waals surface area (Å²) in [6.45, 7) is 11.5. The molecule has 0 aromatic carbocycles. The second-order valence-corrected chi connectivity index (χ2v) is 5.89. The van der Waals surface area contributed by atoms with E-state index in [0.717, 1.165) is 45.1 Å². The van der Waals surface area contributed by atoms with Gasteiger partial charge in [-0.05, 0) is 20.0 Å². The molecule has 0 bridgehead atoms. The Bertz CT molecular complexity index is 398. The van der Waals surface area contributed by atoms with Crippen LogP contribution in [0.4, 0.5) is 0 Å². The van der Waals surface area contributed by atoms with Crippen molar-refractivity contribution in [3.05, 3.63) is 16.1 Å². The van der Waals surface area contributed by atoms with Crippen molar-refractivity contribution in [2.24, 2.45) is 4.99 Å². The molecule has 5 nitrogen and oxygen atoms in total. The van der Waals surface area contributed by atoms with Crippen LogP contribution in [-0.4, -0.2) is 55.6 Å². The molecule has 0 saturated carbocycles. The highest BCUT2D eigenvalue weighted by molar-refractivity contribution is 7.11. The summed E-state index contributed by atoms with van der Waals surface area (Å²) in [5.41, 5.74) is 0. The number of guanidine groups is 1. The minimum absolute atomic E-state index is 0.859. The maximum Gasteiger partial charge on any atom is 0.191 e. The molecule has 0 amide bonds. The standard InChI is InChI=1S/C14H27N5S/c1-5-19(6-2)10-9-17-14(15-4)16-8-7-13-18-11-12(3)20-13/h11H,5-10H2,1-4H3,(H2,15,16,17). The highest BCUT2D eigenvalue weighted by atomic mass is 32.1. The number of likely N-dealkylation sites (N-methyl/N-ethyl adjacent to an activating group) is 1. The zero-order valence-corrected chi connectivity index (χ0v) is 13.9. The molecular formula is C14H27N5S. The van der Waals surface area contributed by atoms with Gasteiger partial charge in [0.25, 0.3) is 0 Å². The van der Waals surface area contributed by atoms with Crippen LogP contribution in [-0.2, 0) is 6.42 Å². The van der Waals surface area contributed by atoms with E-state index in [1.54, 1.807) is 18.4 Å². The smallest absolute Gasteiger partial charge is 0.191 e. The lowest BCUT2D eigenvalue weighted by Crippen LogP contribution is -2.42. The zero-order valence-electron chi connectivity index (χ0n) is 13.1. The van der Waals surface area contributed by atoms with Crippen LogP contribution in [0.5, 0.6) is 0 Å². The van der Waals surface area contributed by atoms with Gasteiger partial charge in [0, 0.05) is 44.2 Å². The van der Waals surface area contributed by atoms with Gasteiger partial charge in [-0.1, -0.05) is 13.8 Å². The maximum absolute atomic E-state index is 4.36. The predicted molar refractivity (Wildman–Crippen MR) is 87.7 cm³/mol. The Morgan fingerprint density at radius 1 is 1.30 bits per heavy atom. The van der Waals surface area contributed by atoms with E-state index in [1.807, 2.05) is 6.20 Å². The van der Waals surface area contributed by atoms with E-state index in [1.165, 1.54) is 9.88 Å². The van der Waals surface area contributed by atoms with E-state index in [0.29, 0.717) is 0 Å². The Balaban J connectivity index is 2.19. The second kappa shape index (κ2) is 9.72. The van der Waals surface area contributed by atoms with Gasteiger partial charge in [0.05, 0.1) is 5.01 Å². The summed E-state index contributed by atoms with van der Waals surface area (Å²) in [6, 6.07) is 0. The Morgan fingerprint density at radius 2 is 2.00 bits per heavy atom. The molecule has 0 fully saturated rings. The molecule has 1 rings (SSSR count).